The predicted octanol–water partition coefficient (Wildman–Crippen LogP) is 0.577. The van der Waals surface area contributed by atoms with Gasteiger partial charge in [0, 0.05) is 18.9 Å². The summed E-state index contributed by atoms with van der Waals surface area (Å²) in [6, 6.07) is 7.70. The molecule has 0 saturated heterocycles. The SMILES string of the molecule is [Li].c1ccc2n[nH]nc2c1. The number of aromatic amines is 1. The molecule has 10 heavy (non-hydrogen) atoms. The van der Waals surface area contributed by atoms with Crippen LogP contribution < -0.4 is 0 Å². The number of hydrogen-bond donors (Lipinski definition) is 1. The van der Waals surface area contributed by atoms with Crippen molar-refractivity contribution in [2.24, 2.45) is 0 Å². The Labute approximate surface area is 70.0 Å². The molecule has 0 spiro atoms. The van der Waals surface area contributed by atoms with E-state index >= 15 is 0 Å². The van der Waals surface area contributed by atoms with E-state index in [0.29, 0.717) is 0 Å². The molecule has 0 atom stereocenters. The van der Waals surface area contributed by atoms with Gasteiger partial charge in [-0.15, -0.1) is 0 Å². The number of para-hydroxylation sites is 2. The second-order valence-corrected chi connectivity index (χ2v) is 1.81. The van der Waals surface area contributed by atoms with E-state index in [1.165, 1.54) is 0 Å². The van der Waals surface area contributed by atoms with Crippen LogP contribution >= 0.6 is 0 Å². The first-order valence-electron chi connectivity index (χ1n) is 2.72. The quantitative estimate of drug-likeness (QED) is 0.524. The average Bonchev–Trinajstić information content (AvgIpc) is 2.33. The third kappa shape index (κ3) is 1.06. The van der Waals surface area contributed by atoms with E-state index in [0.717, 1.165) is 11.0 Å². The zero-order valence-corrected chi connectivity index (χ0v) is 5.70. The number of nitrogens with one attached hydrogen (secondary N) is 1. The van der Waals surface area contributed by atoms with Crippen LogP contribution in [0, 0.1) is 0 Å². The van der Waals surface area contributed by atoms with Crippen molar-refractivity contribution in [1.29, 1.82) is 0 Å². The van der Waals surface area contributed by atoms with E-state index in [1.807, 2.05) is 24.3 Å². The normalized spacial score (nSPS) is 9.20. The van der Waals surface area contributed by atoms with Crippen LogP contribution in [0.15, 0.2) is 24.3 Å². The maximum Gasteiger partial charge on any atom is 0.112 e. The Morgan fingerprint density at radius 3 is 2.00 bits per heavy atom. The van der Waals surface area contributed by atoms with Crippen LogP contribution in [-0.4, -0.2) is 34.3 Å². The Kier molecular flexibility index (Phi) is 2.10. The van der Waals surface area contributed by atoms with Gasteiger partial charge in [-0.1, -0.05) is 12.1 Å². The number of fused-ring (bicyclic) bond motifs is 1. The number of hydrogen-bond acceptors (Lipinski definition) is 2. The molecule has 0 aliphatic carbocycles. The number of benzene rings is 1. The van der Waals surface area contributed by atoms with Crippen molar-refractivity contribution >= 4 is 29.9 Å². The molecule has 0 saturated carbocycles. The number of rotatable bonds is 0. The van der Waals surface area contributed by atoms with Crippen LogP contribution in [-0.2, 0) is 0 Å². The Balaban J connectivity index is 0.000000500. The van der Waals surface area contributed by atoms with Gasteiger partial charge in [0.2, 0.25) is 0 Å². The molecule has 1 aromatic heterocycles. The van der Waals surface area contributed by atoms with E-state index in [1.54, 1.807) is 0 Å². The van der Waals surface area contributed by atoms with Crippen LogP contribution in [0.3, 0.4) is 0 Å². The van der Waals surface area contributed by atoms with Crippen molar-refractivity contribution in [3.63, 3.8) is 0 Å². The van der Waals surface area contributed by atoms with Crippen molar-refractivity contribution in [3.8, 4) is 0 Å². The second-order valence-electron chi connectivity index (χ2n) is 1.81. The van der Waals surface area contributed by atoms with Crippen LogP contribution in [0.4, 0.5) is 0 Å². The molecule has 4 heteroatoms. The first kappa shape index (κ1) is 7.33. The third-order valence-corrected chi connectivity index (χ3v) is 1.22. The second kappa shape index (κ2) is 2.87. The molecule has 0 amide bonds. The van der Waals surface area contributed by atoms with Gasteiger partial charge in [-0.3, -0.25) is 0 Å². The van der Waals surface area contributed by atoms with Gasteiger partial charge >= 0.3 is 0 Å². The Hall–Kier alpha value is -0.783. The summed E-state index contributed by atoms with van der Waals surface area (Å²) in [6.45, 7) is 0. The maximum atomic E-state index is 3.88. The molecule has 0 bridgehead atoms. The fraction of sp³-hybridized carbons (Fsp3) is 0. The van der Waals surface area contributed by atoms with E-state index in [4.69, 9.17) is 0 Å². The van der Waals surface area contributed by atoms with Crippen LogP contribution in [0.2, 0.25) is 0 Å². The van der Waals surface area contributed by atoms with Gasteiger partial charge < -0.3 is 0 Å². The van der Waals surface area contributed by atoms with Crippen LogP contribution in [0.1, 0.15) is 0 Å². The number of aromatic nitrogens is 3. The topological polar surface area (TPSA) is 41.6 Å². The van der Waals surface area contributed by atoms with Crippen LogP contribution in [0.25, 0.3) is 11.0 Å². The molecule has 2 rings (SSSR count). The van der Waals surface area contributed by atoms with Gasteiger partial charge in [0.1, 0.15) is 11.0 Å². The molecule has 1 radical (unpaired) electrons. The summed E-state index contributed by atoms with van der Waals surface area (Å²) in [5, 5.41) is 10.3. The van der Waals surface area contributed by atoms with Gasteiger partial charge in [-0.05, 0) is 12.1 Å². The van der Waals surface area contributed by atoms with E-state index in [9.17, 15) is 0 Å². The minimum absolute atomic E-state index is 0. The summed E-state index contributed by atoms with van der Waals surface area (Å²) >= 11 is 0. The molecule has 0 aliphatic rings. The molecule has 0 aliphatic heterocycles. The summed E-state index contributed by atoms with van der Waals surface area (Å²) < 4.78 is 0. The van der Waals surface area contributed by atoms with E-state index in [-0.39, 0.29) is 18.9 Å². The largest absolute Gasteiger partial charge is 0.197 e. The van der Waals surface area contributed by atoms with Gasteiger partial charge in [-0.2, -0.15) is 15.4 Å². The first-order valence-corrected chi connectivity index (χ1v) is 2.72. The summed E-state index contributed by atoms with van der Waals surface area (Å²) in [4.78, 5) is 0. The molecule has 1 heterocycles. The molecule has 1 N–H and O–H groups in total. The standard InChI is InChI=1S/C6H5N3.Li/c1-2-4-6-5(3-1)7-9-8-6;/h1-4H,(H,7,8,9);. The van der Waals surface area contributed by atoms with Crippen molar-refractivity contribution in [2.75, 3.05) is 0 Å². The van der Waals surface area contributed by atoms with Crippen LogP contribution in [0.5, 0.6) is 0 Å². The van der Waals surface area contributed by atoms with Crippen molar-refractivity contribution in [2.45, 2.75) is 0 Å². The monoisotopic (exact) mass is 126 g/mol. The summed E-state index contributed by atoms with van der Waals surface area (Å²) in [6.07, 6.45) is 0. The minimum Gasteiger partial charge on any atom is -0.197 e. The van der Waals surface area contributed by atoms with Crippen molar-refractivity contribution in [3.05, 3.63) is 24.3 Å². The minimum atomic E-state index is 0. The molecule has 3 nitrogen and oxygen atoms in total. The van der Waals surface area contributed by atoms with Crippen molar-refractivity contribution < 1.29 is 0 Å². The predicted molar refractivity (Wildman–Crippen MR) is 39.6 cm³/mol. The van der Waals surface area contributed by atoms with Gasteiger partial charge in [0.15, 0.2) is 0 Å². The zero-order valence-electron chi connectivity index (χ0n) is 5.70. The van der Waals surface area contributed by atoms with Crippen molar-refractivity contribution in [1.82, 2.24) is 15.4 Å². The molecular formula is C6H5LiN3. The maximum absolute atomic E-state index is 3.88. The van der Waals surface area contributed by atoms with Gasteiger partial charge in [-0.25, -0.2) is 0 Å². The molecule has 1 aromatic carbocycles. The Morgan fingerprint density at radius 2 is 1.50 bits per heavy atom. The third-order valence-electron chi connectivity index (χ3n) is 1.22. The Bertz CT molecular complexity index is 287. The fourth-order valence-electron chi connectivity index (χ4n) is 0.786. The van der Waals surface area contributed by atoms with Gasteiger partial charge in [0.05, 0.1) is 0 Å². The fourth-order valence-corrected chi connectivity index (χ4v) is 0.786. The zero-order chi connectivity index (χ0) is 6.10. The Morgan fingerprint density at radius 1 is 1.00 bits per heavy atom. The summed E-state index contributed by atoms with van der Waals surface area (Å²) in [5.41, 5.74) is 1.83. The summed E-state index contributed by atoms with van der Waals surface area (Å²) in [7, 11) is 0. The number of nitrogens with zero attached hydrogens (tertiary/aromatic N) is 2. The summed E-state index contributed by atoms with van der Waals surface area (Å²) in [5.74, 6) is 0. The number of H-pyrrole nitrogens is 1. The average molecular weight is 126 g/mol. The smallest absolute Gasteiger partial charge is 0.112 e. The molecule has 0 unspecified atom stereocenters. The molecule has 0 fully saturated rings. The van der Waals surface area contributed by atoms with Gasteiger partial charge in [0.25, 0.3) is 0 Å². The van der Waals surface area contributed by atoms with E-state index in [2.05, 4.69) is 15.4 Å². The molecule has 45 valence electrons. The first-order chi connectivity index (χ1) is 4.47. The molecule has 2 aromatic rings. The van der Waals surface area contributed by atoms with E-state index < -0.39 is 0 Å². The molecular weight excluding hydrogens is 121 g/mol.